The van der Waals surface area contributed by atoms with Gasteiger partial charge >= 0.3 is 0 Å². The monoisotopic (exact) mass is 338 g/mol. The van der Waals surface area contributed by atoms with Crippen LogP contribution >= 0.6 is 34.7 Å². The van der Waals surface area contributed by atoms with Gasteiger partial charge in [0.15, 0.2) is 0 Å². The number of methoxy groups -OCH3 is 1. The molecule has 0 atom stereocenters. The quantitative estimate of drug-likeness (QED) is 0.664. The molecule has 0 amide bonds. The first kappa shape index (κ1) is 14.4. The van der Waals surface area contributed by atoms with Crippen LogP contribution in [-0.2, 0) is 5.75 Å². The minimum Gasteiger partial charge on any atom is -0.497 e. The van der Waals surface area contributed by atoms with Crippen LogP contribution in [0.15, 0.2) is 41.6 Å². The van der Waals surface area contributed by atoms with Gasteiger partial charge < -0.3 is 4.74 Å². The van der Waals surface area contributed by atoms with E-state index in [0.29, 0.717) is 0 Å². The number of ether oxygens (including phenoxy) is 1. The molecule has 108 valence electrons. The van der Waals surface area contributed by atoms with Gasteiger partial charge in [-0.3, -0.25) is 0 Å². The van der Waals surface area contributed by atoms with E-state index >= 15 is 0 Å². The molecule has 8 heteroatoms. The van der Waals surface area contributed by atoms with Crippen LogP contribution in [0, 0.1) is 0 Å². The standard InChI is InChI=1S/C13H11ClN4OS2/c1-19-10-4-2-9(3-5-10)18-13(15-16-17-18)20-8-11-6-7-12(14)21-11/h2-7H,8H2,1H3. The minimum atomic E-state index is 0.740. The van der Waals surface area contributed by atoms with Crippen LogP contribution in [0.2, 0.25) is 4.34 Å². The van der Waals surface area contributed by atoms with Gasteiger partial charge in [0.1, 0.15) is 5.75 Å². The van der Waals surface area contributed by atoms with Crippen molar-refractivity contribution < 1.29 is 4.74 Å². The lowest BCUT2D eigenvalue weighted by atomic mass is 10.3. The number of thiophene rings is 1. The number of tetrazole rings is 1. The maximum absolute atomic E-state index is 5.93. The van der Waals surface area contributed by atoms with Gasteiger partial charge in [-0.05, 0) is 46.8 Å². The van der Waals surface area contributed by atoms with Crippen molar-refractivity contribution >= 4 is 34.7 Å². The van der Waals surface area contributed by atoms with E-state index in [2.05, 4.69) is 15.5 Å². The number of nitrogens with zero attached hydrogens (tertiary/aromatic N) is 4. The molecule has 0 saturated carbocycles. The van der Waals surface area contributed by atoms with Crippen molar-refractivity contribution in [3.05, 3.63) is 45.6 Å². The Morgan fingerprint density at radius 2 is 2.05 bits per heavy atom. The Bertz CT molecular complexity index is 726. The maximum Gasteiger partial charge on any atom is 0.214 e. The SMILES string of the molecule is COc1ccc(-n2nnnc2SCc2ccc(Cl)s2)cc1. The molecular formula is C13H11ClN4OS2. The molecule has 0 aliphatic heterocycles. The van der Waals surface area contributed by atoms with E-state index in [1.165, 1.54) is 4.88 Å². The van der Waals surface area contributed by atoms with Crippen molar-refractivity contribution in [2.24, 2.45) is 0 Å². The largest absolute Gasteiger partial charge is 0.497 e. The Morgan fingerprint density at radius 1 is 1.24 bits per heavy atom. The predicted molar refractivity (Wildman–Crippen MR) is 84.6 cm³/mol. The van der Waals surface area contributed by atoms with E-state index in [-0.39, 0.29) is 0 Å². The molecule has 0 fully saturated rings. The van der Waals surface area contributed by atoms with Crippen LogP contribution in [0.4, 0.5) is 0 Å². The molecular weight excluding hydrogens is 328 g/mol. The Balaban J connectivity index is 1.76. The zero-order valence-electron chi connectivity index (χ0n) is 11.1. The molecule has 0 aliphatic rings. The van der Waals surface area contributed by atoms with Gasteiger partial charge in [0, 0.05) is 10.6 Å². The molecule has 2 heterocycles. The van der Waals surface area contributed by atoms with Crippen LogP contribution in [0.3, 0.4) is 0 Å². The third-order valence-electron chi connectivity index (χ3n) is 2.73. The number of rotatable bonds is 5. The normalized spacial score (nSPS) is 10.8. The molecule has 0 radical (unpaired) electrons. The first-order chi connectivity index (χ1) is 10.3. The summed E-state index contributed by atoms with van der Waals surface area (Å²) in [5.74, 6) is 1.59. The van der Waals surface area contributed by atoms with Gasteiger partial charge in [-0.2, -0.15) is 4.68 Å². The Hall–Kier alpha value is -1.57. The zero-order valence-corrected chi connectivity index (χ0v) is 13.5. The van der Waals surface area contributed by atoms with Gasteiger partial charge in [-0.15, -0.1) is 16.4 Å². The van der Waals surface area contributed by atoms with Crippen molar-refractivity contribution in [2.45, 2.75) is 10.9 Å². The number of hydrogen-bond donors (Lipinski definition) is 0. The summed E-state index contributed by atoms with van der Waals surface area (Å²) in [6.45, 7) is 0. The van der Waals surface area contributed by atoms with Gasteiger partial charge in [-0.1, -0.05) is 23.4 Å². The van der Waals surface area contributed by atoms with E-state index in [1.54, 1.807) is 34.9 Å². The van der Waals surface area contributed by atoms with Crippen LogP contribution < -0.4 is 4.74 Å². The van der Waals surface area contributed by atoms with Crippen molar-refractivity contribution in [1.82, 2.24) is 20.2 Å². The first-order valence-corrected chi connectivity index (χ1v) is 8.24. The highest BCUT2D eigenvalue weighted by Gasteiger charge is 2.10. The van der Waals surface area contributed by atoms with Gasteiger partial charge in [0.25, 0.3) is 0 Å². The third-order valence-corrected chi connectivity index (χ3v) is 5.11. The summed E-state index contributed by atoms with van der Waals surface area (Å²) < 4.78 is 7.65. The molecule has 0 unspecified atom stereocenters. The van der Waals surface area contributed by atoms with E-state index in [1.807, 2.05) is 36.4 Å². The van der Waals surface area contributed by atoms with Gasteiger partial charge in [-0.25, -0.2) is 0 Å². The Labute approximate surface area is 134 Å². The zero-order chi connectivity index (χ0) is 14.7. The number of aromatic nitrogens is 4. The molecule has 0 spiro atoms. The van der Waals surface area contributed by atoms with Crippen molar-refractivity contribution in [3.8, 4) is 11.4 Å². The Kier molecular flexibility index (Phi) is 4.42. The summed E-state index contributed by atoms with van der Waals surface area (Å²) in [7, 11) is 1.64. The smallest absolute Gasteiger partial charge is 0.214 e. The highest BCUT2D eigenvalue weighted by molar-refractivity contribution is 7.98. The fourth-order valence-electron chi connectivity index (χ4n) is 1.72. The summed E-state index contributed by atoms with van der Waals surface area (Å²) in [6.07, 6.45) is 0. The lowest BCUT2D eigenvalue weighted by molar-refractivity contribution is 0.414. The predicted octanol–water partition coefficient (Wildman–Crippen LogP) is 3.68. The molecule has 5 nitrogen and oxygen atoms in total. The number of thioether (sulfide) groups is 1. The molecule has 0 bridgehead atoms. The Morgan fingerprint density at radius 3 is 2.71 bits per heavy atom. The number of hydrogen-bond acceptors (Lipinski definition) is 6. The summed E-state index contributed by atoms with van der Waals surface area (Å²) >= 11 is 9.07. The van der Waals surface area contributed by atoms with Crippen molar-refractivity contribution in [2.75, 3.05) is 7.11 Å². The van der Waals surface area contributed by atoms with Gasteiger partial charge in [0.05, 0.1) is 17.1 Å². The molecule has 1 aromatic carbocycles. The summed E-state index contributed by atoms with van der Waals surface area (Å²) in [5, 5.41) is 12.6. The second-order valence-electron chi connectivity index (χ2n) is 4.07. The van der Waals surface area contributed by atoms with Gasteiger partial charge in [0.2, 0.25) is 5.16 Å². The fourth-order valence-corrected chi connectivity index (χ4v) is 3.74. The number of halogens is 1. The molecule has 0 saturated heterocycles. The lowest BCUT2D eigenvalue weighted by Gasteiger charge is -2.05. The van der Waals surface area contributed by atoms with Crippen LogP contribution in [0.5, 0.6) is 5.75 Å². The van der Waals surface area contributed by atoms with Crippen molar-refractivity contribution in [3.63, 3.8) is 0 Å². The molecule has 3 rings (SSSR count). The summed E-state index contributed by atoms with van der Waals surface area (Å²) in [6, 6.07) is 11.5. The average Bonchev–Trinajstić information content (AvgIpc) is 3.14. The van der Waals surface area contributed by atoms with E-state index in [4.69, 9.17) is 16.3 Å². The molecule has 3 aromatic rings. The van der Waals surface area contributed by atoms with Crippen LogP contribution in [0.1, 0.15) is 4.88 Å². The minimum absolute atomic E-state index is 0.740. The van der Waals surface area contributed by atoms with E-state index < -0.39 is 0 Å². The first-order valence-electron chi connectivity index (χ1n) is 6.06. The highest BCUT2D eigenvalue weighted by Crippen LogP contribution is 2.28. The second kappa shape index (κ2) is 6.46. The summed E-state index contributed by atoms with van der Waals surface area (Å²) in [5.41, 5.74) is 0.896. The highest BCUT2D eigenvalue weighted by atomic mass is 35.5. The molecule has 0 N–H and O–H groups in total. The average molecular weight is 339 g/mol. The second-order valence-corrected chi connectivity index (χ2v) is 6.81. The number of benzene rings is 1. The van der Waals surface area contributed by atoms with Crippen LogP contribution in [0.25, 0.3) is 5.69 Å². The van der Waals surface area contributed by atoms with Crippen molar-refractivity contribution in [1.29, 1.82) is 0 Å². The fraction of sp³-hybridized carbons (Fsp3) is 0.154. The molecule has 0 aliphatic carbocycles. The molecule has 2 aromatic heterocycles. The third kappa shape index (κ3) is 3.37. The maximum atomic E-state index is 5.93. The summed E-state index contributed by atoms with van der Waals surface area (Å²) in [4.78, 5) is 1.19. The van der Waals surface area contributed by atoms with Crippen LogP contribution in [-0.4, -0.2) is 27.3 Å². The van der Waals surface area contributed by atoms with E-state index in [9.17, 15) is 0 Å². The molecule has 21 heavy (non-hydrogen) atoms. The van der Waals surface area contributed by atoms with E-state index in [0.717, 1.165) is 26.7 Å². The lowest BCUT2D eigenvalue weighted by Crippen LogP contribution is -1.99. The topological polar surface area (TPSA) is 52.8 Å².